The van der Waals surface area contributed by atoms with Gasteiger partial charge in [0.05, 0.1) is 12.2 Å². The fourth-order valence-corrected chi connectivity index (χ4v) is 2.72. The third kappa shape index (κ3) is 4.60. The predicted molar refractivity (Wildman–Crippen MR) is 86.8 cm³/mol. The standard InChI is InChI=1S/C15H22N4OS/c1-4-16-15(18-9-13-6-8-21-10-13)17-7-5-14-11(2)19-20-12(14)3/h6,8,10H,4-5,7,9H2,1-3H3,(H2,16,17,18). The molecule has 0 unspecified atom stereocenters. The number of rotatable bonds is 6. The van der Waals surface area contributed by atoms with E-state index in [0.717, 1.165) is 36.9 Å². The summed E-state index contributed by atoms with van der Waals surface area (Å²) in [5, 5.41) is 14.8. The summed E-state index contributed by atoms with van der Waals surface area (Å²) in [6.07, 6.45) is 0.879. The minimum Gasteiger partial charge on any atom is -0.361 e. The van der Waals surface area contributed by atoms with Crippen LogP contribution in [-0.4, -0.2) is 24.2 Å². The molecule has 0 radical (unpaired) electrons. The Kier molecular flexibility index (Phi) is 5.80. The quantitative estimate of drug-likeness (QED) is 0.636. The first kappa shape index (κ1) is 15.6. The van der Waals surface area contributed by atoms with E-state index >= 15 is 0 Å². The zero-order valence-corrected chi connectivity index (χ0v) is 13.6. The van der Waals surface area contributed by atoms with Gasteiger partial charge < -0.3 is 15.2 Å². The monoisotopic (exact) mass is 306 g/mol. The van der Waals surface area contributed by atoms with Gasteiger partial charge in [0.2, 0.25) is 0 Å². The summed E-state index contributed by atoms with van der Waals surface area (Å²) < 4.78 is 5.17. The van der Waals surface area contributed by atoms with Gasteiger partial charge in [0.15, 0.2) is 5.96 Å². The molecule has 0 atom stereocenters. The second kappa shape index (κ2) is 7.83. The number of hydrogen-bond acceptors (Lipinski definition) is 4. The summed E-state index contributed by atoms with van der Waals surface area (Å²) in [4.78, 5) is 4.58. The minimum atomic E-state index is 0.699. The summed E-state index contributed by atoms with van der Waals surface area (Å²) >= 11 is 1.70. The molecule has 0 saturated heterocycles. The van der Waals surface area contributed by atoms with Crippen LogP contribution in [0.2, 0.25) is 0 Å². The Bertz CT molecular complexity index is 555. The lowest BCUT2D eigenvalue weighted by atomic mass is 10.1. The Labute approximate surface area is 129 Å². The third-order valence-corrected chi connectivity index (χ3v) is 3.92. The highest BCUT2D eigenvalue weighted by Crippen LogP contribution is 2.12. The van der Waals surface area contributed by atoms with E-state index in [1.165, 1.54) is 11.1 Å². The molecule has 0 aromatic carbocycles. The maximum Gasteiger partial charge on any atom is 0.191 e. The molecule has 21 heavy (non-hydrogen) atoms. The van der Waals surface area contributed by atoms with E-state index in [-0.39, 0.29) is 0 Å². The summed E-state index contributed by atoms with van der Waals surface area (Å²) in [7, 11) is 0. The molecular weight excluding hydrogens is 284 g/mol. The number of aliphatic imine (C=N–C) groups is 1. The van der Waals surface area contributed by atoms with Crippen LogP contribution in [0.5, 0.6) is 0 Å². The topological polar surface area (TPSA) is 62.5 Å². The maximum absolute atomic E-state index is 5.17. The third-order valence-electron chi connectivity index (χ3n) is 3.19. The van der Waals surface area contributed by atoms with Crippen molar-refractivity contribution in [2.24, 2.45) is 4.99 Å². The molecule has 0 fully saturated rings. The highest BCUT2D eigenvalue weighted by atomic mass is 32.1. The summed E-state index contributed by atoms with van der Waals surface area (Å²) in [5.41, 5.74) is 3.38. The molecule has 2 heterocycles. The van der Waals surface area contributed by atoms with E-state index in [1.807, 2.05) is 13.8 Å². The van der Waals surface area contributed by atoms with Gasteiger partial charge in [0.1, 0.15) is 5.76 Å². The molecule has 5 nitrogen and oxygen atoms in total. The van der Waals surface area contributed by atoms with Gasteiger partial charge in [0, 0.05) is 18.7 Å². The minimum absolute atomic E-state index is 0.699. The number of aryl methyl sites for hydroxylation is 2. The van der Waals surface area contributed by atoms with Crippen LogP contribution in [0, 0.1) is 13.8 Å². The average Bonchev–Trinajstić information content (AvgIpc) is 3.09. The lowest BCUT2D eigenvalue weighted by molar-refractivity contribution is 0.392. The largest absolute Gasteiger partial charge is 0.361 e. The van der Waals surface area contributed by atoms with Crippen LogP contribution >= 0.6 is 11.3 Å². The van der Waals surface area contributed by atoms with Crippen LogP contribution < -0.4 is 10.6 Å². The zero-order chi connectivity index (χ0) is 15.1. The van der Waals surface area contributed by atoms with Crippen molar-refractivity contribution in [1.82, 2.24) is 15.8 Å². The Morgan fingerprint density at radius 3 is 2.86 bits per heavy atom. The number of guanidine groups is 1. The maximum atomic E-state index is 5.17. The Balaban J connectivity index is 1.86. The molecule has 0 spiro atoms. The van der Waals surface area contributed by atoms with Gasteiger partial charge in [-0.1, -0.05) is 5.16 Å². The number of thiophene rings is 1. The molecule has 0 aliphatic carbocycles. The van der Waals surface area contributed by atoms with E-state index in [9.17, 15) is 0 Å². The van der Waals surface area contributed by atoms with Crippen molar-refractivity contribution >= 4 is 17.3 Å². The van der Waals surface area contributed by atoms with Crippen molar-refractivity contribution in [3.8, 4) is 0 Å². The van der Waals surface area contributed by atoms with Gasteiger partial charge in [-0.15, -0.1) is 0 Å². The van der Waals surface area contributed by atoms with Crippen LogP contribution in [0.4, 0.5) is 0 Å². The molecule has 0 aliphatic heterocycles. The molecule has 0 bridgehead atoms. The summed E-state index contributed by atoms with van der Waals surface area (Å²) in [6.45, 7) is 8.34. The first-order valence-corrected chi connectivity index (χ1v) is 8.10. The van der Waals surface area contributed by atoms with Gasteiger partial charge in [-0.2, -0.15) is 11.3 Å². The Morgan fingerprint density at radius 1 is 1.38 bits per heavy atom. The molecule has 0 amide bonds. The first-order chi connectivity index (χ1) is 10.2. The van der Waals surface area contributed by atoms with E-state index in [0.29, 0.717) is 6.54 Å². The van der Waals surface area contributed by atoms with Crippen molar-refractivity contribution in [3.05, 3.63) is 39.4 Å². The lowest BCUT2D eigenvalue weighted by Gasteiger charge is -2.11. The van der Waals surface area contributed by atoms with Gasteiger partial charge in [-0.25, -0.2) is 4.99 Å². The van der Waals surface area contributed by atoms with E-state index < -0.39 is 0 Å². The molecule has 114 valence electrons. The highest BCUT2D eigenvalue weighted by molar-refractivity contribution is 7.07. The molecule has 0 aliphatic rings. The zero-order valence-electron chi connectivity index (χ0n) is 12.8. The van der Waals surface area contributed by atoms with Crippen LogP contribution in [0.3, 0.4) is 0 Å². The van der Waals surface area contributed by atoms with Crippen LogP contribution in [0.15, 0.2) is 26.3 Å². The van der Waals surface area contributed by atoms with Gasteiger partial charge >= 0.3 is 0 Å². The van der Waals surface area contributed by atoms with Gasteiger partial charge in [0.25, 0.3) is 0 Å². The number of nitrogens with one attached hydrogen (secondary N) is 2. The average molecular weight is 306 g/mol. The second-order valence-electron chi connectivity index (χ2n) is 4.81. The van der Waals surface area contributed by atoms with Crippen LogP contribution in [0.1, 0.15) is 29.5 Å². The molecule has 2 aromatic heterocycles. The van der Waals surface area contributed by atoms with Gasteiger partial charge in [-0.05, 0) is 49.6 Å². The van der Waals surface area contributed by atoms with E-state index in [2.05, 4.69) is 44.5 Å². The number of aromatic nitrogens is 1. The highest BCUT2D eigenvalue weighted by Gasteiger charge is 2.08. The van der Waals surface area contributed by atoms with E-state index in [1.54, 1.807) is 11.3 Å². The smallest absolute Gasteiger partial charge is 0.191 e. The molecule has 6 heteroatoms. The molecule has 0 saturated carbocycles. The van der Waals surface area contributed by atoms with E-state index in [4.69, 9.17) is 4.52 Å². The van der Waals surface area contributed by atoms with Crippen LogP contribution in [0.25, 0.3) is 0 Å². The summed E-state index contributed by atoms with van der Waals surface area (Å²) in [6, 6.07) is 2.10. The molecule has 2 rings (SSSR count). The second-order valence-corrected chi connectivity index (χ2v) is 5.59. The fraction of sp³-hybridized carbons (Fsp3) is 0.467. The number of nitrogens with zero attached hydrogens (tertiary/aromatic N) is 2. The van der Waals surface area contributed by atoms with Crippen molar-refractivity contribution in [1.29, 1.82) is 0 Å². The molecule has 2 aromatic rings. The fourth-order valence-electron chi connectivity index (χ4n) is 2.06. The SMILES string of the molecule is CCNC(=NCc1ccsc1)NCCc1c(C)noc1C. The Hall–Kier alpha value is -1.82. The lowest BCUT2D eigenvalue weighted by Crippen LogP contribution is -2.38. The molecule has 2 N–H and O–H groups in total. The van der Waals surface area contributed by atoms with Crippen LogP contribution in [-0.2, 0) is 13.0 Å². The van der Waals surface area contributed by atoms with Gasteiger partial charge in [-0.3, -0.25) is 0 Å². The van der Waals surface area contributed by atoms with Crippen molar-refractivity contribution in [3.63, 3.8) is 0 Å². The van der Waals surface area contributed by atoms with Crippen molar-refractivity contribution in [2.75, 3.05) is 13.1 Å². The summed E-state index contributed by atoms with van der Waals surface area (Å²) in [5.74, 6) is 1.74. The molecular formula is C15H22N4OS. The normalized spacial score (nSPS) is 11.7. The van der Waals surface area contributed by atoms with Crippen molar-refractivity contribution in [2.45, 2.75) is 33.7 Å². The first-order valence-electron chi connectivity index (χ1n) is 7.15. The number of hydrogen-bond donors (Lipinski definition) is 2. The van der Waals surface area contributed by atoms with Crippen molar-refractivity contribution < 1.29 is 4.52 Å². The Morgan fingerprint density at radius 2 is 2.24 bits per heavy atom. The predicted octanol–water partition coefficient (Wildman–Crippen LogP) is 2.65.